The second kappa shape index (κ2) is 43.6. The zero-order chi connectivity index (χ0) is 43.5. The predicted octanol–water partition coefficient (Wildman–Crippen LogP) is 8.46. The fourth-order valence-electron chi connectivity index (χ4n) is 7.73. The molecule has 8 N–H and O–H groups in total. The molecular formula is C46H95F3N6O4. The molecule has 0 aromatic carbocycles. The number of nitrogens with two attached hydrogens (primary N) is 2. The van der Waals surface area contributed by atoms with Gasteiger partial charge in [0.1, 0.15) is 0 Å². The number of aliphatic hydroxyl groups excluding tert-OH is 2. The van der Waals surface area contributed by atoms with Crippen LogP contribution in [0.25, 0.3) is 0 Å². The third-order valence-electron chi connectivity index (χ3n) is 11.4. The van der Waals surface area contributed by atoms with Crippen LogP contribution in [0.5, 0.6) is 0 Å². The number of ether oxygens (including phenoxy) is 1. The average Bonchev–Trinajstić information content (AvgIpc) is 3.22. The maximum atomic E-state index is 12.2. The van der Waals surface area contributed by atoms with Crippen LogP contribution in [0.2, 0.25) is 0 Å². The molecule has 0 radical (unpaired) electrons. The van der Waals surface area contributed by atoms with Crippen molar-refractivity contribution in [1.29, 1.82) is 0 Å². The van der Waals surface area contributed by atoms with E-state index in [0.29, 0.717) is 19.5 Å². The van der Waals surface area contributed by atoms with Crippen LogP contribution in [0.1, 0.15) is 187 Å². The highest BCUT2D eigenvalue weighted by atomic mass is 19.4. The van der Waals surface area contributed by atoms with Gasteiger partial charge in [-0.1, -0.05) is 142 Å². The highest BCUT2D eigenvalue weighted by molar-refractivity contribution is 5.75. The molecule has 2 unspecified atom stereocenters. The predicted molar refractivity (Wildman–Crippen MR) is 241 cm³/mol. The fourth-order valence-corrected chi connectivity index (χ4v) is 7.73. The van der Waals surface area contributed by atoms with Crippen LogP contribution < -0.4 is 22.1 Å². The number of unbranched alkanes of at least 4 members (excludes halogenated alkanes) is 23. The summed E-state index contributed by atoms with van der Waals surface area (Å²) in [4.78, 5) is 16.0. The first-order chi connectivity index (χ1) is 28.7. The number of esters is 1. The van der Waals surface area contributed by atoms with Gasteiger partial charge in [0.25, 0.3) is 0 Å². The Labute approximate surface area is 360 Å². The molecule has 59 heavy (non-hydrogen) atoms. The number of rotatable bonds is 47. The molecule has 0 aliphatic heterocycles. The van der Waals surface area contributed by atoms with Crippen LogP contribution >= 0.6 is 0 Å². The highest BCUT2D eigenvalue weighted by Gasteiger charge is 2.40. The Morgan fingerprint density at radius 2 is 0.831 bits per heavy atom. The van der Waals surface area contributed by atoms with Gasteiger partial charge in [-0.3, -0.25) is 0 Å². The average molecular weight is 853 g/mol. The van der Waals surface area contributed by atoms with Gasteiger partial charge in [-0.25, -0.2) is 4.79 Å². The Balaban J connectivity index is 4.62. The lowest BCUT2D eigenvalue weighted by atomic mass is 10.0. The Morgan fingerprint density at radius 1 is 0.525 bits per heavy atom. The van der Waals surface area contributed by atoms with Crippen molar-refractivity contribution in [2.45, 2.75) is 205 Å². The molecule has 0 fully saturated rings. The lowest BCUT2D eigenvalue weighted by molar-refractivity contribution is -0.199. The second-order valence-electron chi connectivity index (χ2n) is 17.0. The fraction of sp³-hybridized carbons (Fsp3) is 0.978. The normalized spacial score (nSPS) is 13.2. The SMILES string of the molecule is CCCCCCCCCCCCCCN(CCCCN(CCCCCCCCCCCCCCOC(=O)C(F)(F)F)CC(CN)NCCCO)CC(CN)NCCCO. The van der Waals surface area contributed by atoms with Crippen molar-refractivity contribution < 1.29 is 32.9 Å². The summed E-state index contributed by atoms with van der Waals surface area (Å²) in [5.41, 5.74) is 12.4. The van der Waals surface area contributed by atoms with E-state index in [0.717, 1.165) is 104 Å². The number of carbonyl (C=O) groups excluding carboxylic acids is 1. The quantitative estimate of drug-likeness (QED) is 0.0260. The van der Waals surface area contributed by atoms with E-state index in [1.807, 2.05) is 0 Å². The van der Waals surface area contributed by atoms with Crippen molar-refractivity contribution in [3.05, 3.63) is 0 Å². The summed E-state index contributed by atoms with van der Waals surface area (Å²) in [6.45, 7) is 11.4. The molecule has 0 saturated carbocycles. The van der Waals surface area contributed by atoms with Gasteiger partial charge in [0.2, 0.25) is 0 Å². The van der Waals surface area contributed by atoms with Crippen molar-refractivity contribution >= 4 is 5.97 Å². The van der Waals surface area contributed by atoms with Gasteiger partial charge >= 0.3 is 12.1 Å². The third-order valence-corrected chi connectivity index (χ3v) is 11.4. The van der Waals surface area contributed by atoms with Crippen molar-refractivity contribution in [3.8, 4) is 0 Å². The van der Waals surface area contributed by atoms with Gasteiger partial charge in [0.15, 0.2) is 0 Å². The molecule has 0 aromatic heterocycles. The van der Waals surface area contributed by atoms with Gasteiger partial charge in [-0.2, -0.15) is 13.2 Å². The molecule has 0 aliphatic carbocycles. The van der Waals surface area contributed by atoms with E-state index in [-0.39, 0.29) is 31.9 Å². The molecule has 0 bridgehead atoms. The molecule has 0 spiro atoms. The number of hydrogen-bond acceptors (Lipinski definition) is 10. The zero-order valence-electron chi connectivity index (χ0n) is 38.0. The largest absolute Gasteiger partial charge is 0.490 e. The molecule has 13 heteroatoms. The summed E-state index contributed by atoms with van der Waals surface area (Å²) in [5, 5.41) is 25.7. The molecule has 0 saturated heterocycles. The number of halogens is 3. The van der Waals surface area contributed by atoms with E-state index in [4.69, 9.17) is 11.5 Å². The summed E-state index contributed by atoms with van der Waals surface area (Å²) < 4.78 is 40.8. The standard InChI is InChI=1S/C46H95F3N6O4/c1-2-3-4-5-6-7-8-11-14-17-20-23-32-54(41-43(39-50)52-30-28-36-56)34-25-26-35-55(42-44(40-51)53-31-29-37-57)33-24-21-18-15-12-9-10-13-16-19-22-27-38-59-45(58)46(47,48)49/h43-44,52-53,56-57H,2-42,50-51H2,1H3. The van der Waals surface area contributed by atoms with E-state index >= 15 is 0 Å². The van der Waals surface area contributed by atoms with Gasteiger partial charge in [-0.05, 0) is 84.2 Å². The van der Waals surface area contributed by atoms with Crippen molar-refractivity contribution in [2.24, 2.45) is 11.5 Å². The van der Waals surface area contributed by atoms with E-state index in [9.17, 15) is 28.2 Å². The van der Waals surface area contributed by atoms with Crippen LogP contribution in [0.4, 0.5) is 13.2 Å². The summed E-state index contributed by atoms with van der Waals surface area (Å²) in [6, 6.07) is 0.451. The van der Waals surface area contributed by atoms with Crippen molar-refractivity contribution in [3.63, 3.8) is 0 Å². The minimum atomic E-state index is -4.90. The highest BCUT2D eigenvalue weighted by Crippen LogP contribution is 2.18. The molecule has 10 nitrogen and oxygen atoms in total. The van der Waals surface area contributed by atoms with E-state index in [2.05, 4.69) is 32.1 Å². The number of nitrogens with one attached hydrogen (secondary N) is 2. The molecule has 2 atom stereocenters. The number of aliphatic hydroxyl groups is 2. The Hall–Kier alpha value is -1.06. The van der Waals surface area contributed by atoms with Crippen LogP contribution in [0.15, 0.2) is 0 Å². The molecule has 0 heterocycles. The number of carbonyl (C=O) groups is 1. The lowest BCUT2D eigenvalue weighted by Crippen LogP contribution is -2.47. The molecule has 0 amide bonds. The third kappa shape index (κ3) is 39.5. The number of hydrogen-bond donors (Lipinski definition) is 6. The van der Waals surface area contributed by atoms with Gasteiger partial charge in [0.05, 0.1) is 6.61 Å². The lowest BCUT2D eigenvalue weighted by Gasteiger charge is -2.29. The van der Waals surface area contributed by atoms with Crippen LogP contribution in [-0.4, -0.2) is 130 Å². The van der Waals surface area contributed by atoms with Gasteiger partial charge < -0.3 is 46.9 Å². The second-order valence-corrected chi connectivity index (χ2v) is 17.0. The minimum absolute atomic E-state index is 0.161. The Morgan fingerprint density at radius 3 is 1.14 bits per heavy atom. The van der Waals surface area contributed by atoms with Gasteiger partial charge in [-0.15, -0.1) is 0 Å². The molecule has 0 aliphatic rings. The van der Waals surface area contributed by atoms with Crippen molar-refractivity contribution in [1.82, 2.24) is 20.4 Å². The first kappa shape index (κ1) is 57.9. The molecule has 354 valence electrons. The maximum Gasteiger partial charge on any atom is 0.490 e. The topological polar surface area (TPSA) is 149 Å². The van der Waals surface area contributed by atoms with Crippen molar-refractivity contribution in [2.75, 3.05) is 85.3 Å². The summed E-state index contributed by atoms with van der Waals surface area (Å²) in [6.07, 6.45) is 28.1. The first-order valence-corrected chi connectivity index (χ1v) is 24.5. The number of alkyl halides is 3. The maximum absolute atomic E-state index is 12.2. The summed E-state index contributed by atoms with van der Waals surface area (Å²) >= 11 is 0. The monoisotopic (exact) mass is 853 g/mol. The van der Waals surface area contributed by atoms with E-state index < -0.39 is 12.1 Å². The first-order valence-electron chi connectivity index (χ1n) is 24.5. The Bertz CT molecular complexity index is 879. The molecule has 0 aromatic rings. The minimum Gasteiger partial charge on any atom is -0.459 e. The zero-order valence-corrected chi connectivity index (χ0v) is 38.0. The number of nitrogens with zero attached hydrogens (tertiary/aromatic N) is 2. The van der Waals surface area contributed by atoms with Gasteiger partial charge in [0, 0.05) is 51.5 Å². The Kier molecular flexibility index (Phi) is 42.8. The van der Waals surface area contributed by atoms with E-state index in [1.54, 1.807) is 0 Å². The molecular weight excluding hydrogens is 758 g/mol. The molecule has 0 rings (SSSR count). The van der Waals surface area contributed by atoms with Crippen LogP contribution in [-0.2, 0) is 9.53 Å². The summed E-state index contributed by atoms with van der Waals surface area (Å²) in [7, 11) is 0. The van der Waals surface area contributed by atoms with Crippen LogP contribution in [0, 0.1) is 0 Å². The van der Waals surface area contributed by atoms with Crippen LogP contribution in [0.3, 0.4) is 0 Å². The summed E-state index contributed by atoms with van der Waals surface area (Å²) in [5.74, 6) is -2.09. The van der Waals surface area contributed by atoms with E-state index in [1.165, 1.54) is 122 Å². The smallest absolute Gasteiger partial charge is 0.459 e.